The standard InChI is InChI=1S/C20H19IN2O4/c1-26-15-6-9(5-14(21)18(15)27-2)8-22-23-19(24)16-10-3-4-11(13-7-12(10)13)17(16)20(23)25/h3-6,8,10-13,16-17H,7H2,1-2H3/b22-8-/t10-,11-,12-,13+,16+,17-/m1/s1. The predicted octanol–water partition coefficient (Wildman–Crippen LogP) is 2.70. The lowest BCUT2D eigenvalue weighted by molar-refractivity contribution is -0.140. The third kappa shape index (κ3) is 2.40. The van der Waals surface area contributed by atoms with Gasteiger partial charge in [-0.3, -0.25) is 9.59 Å². The van der Waals surface area contributed by atoms with E-state index in [1.807, 2.05) is 6.07 Å². The molecule has 7 heteroatoms. The molecule has 0 N–H and O–H groups in total. The summed E-state index contributed by atoms with van der Waals surface area (Å²) in [5.74, 6) is 2.09. The molecule has 1 aliphatic heterocycles. The molecule has 2 bridgehead atoms. The normalized spacial score (nSPS) is 35.6. The number of ether oxygens (including phenoxy) is 2. The molecule has 1 aromatic carbocycles. The number of hydrogen-bond donors (Lipinski definition) is 0. The number of carbonyl (C=O) groups excluding carboxylic acids is 2. The highest BCUT2D eigenvalue weighted by atomic mass is 127. The smallest absolute Gasteiger partial charge is 0.254 e. The van der Waals surface area contributed by atoms with Crippen molar-refractivity contribution < 1.29 is 19.1 Å². The fourth-order valence-corrected chi connectivity index (χ4v) is 6.04. The number of methoxy groups -OCH3 is 2. The molecule has 6 rings (SSSR count). The number of nitrogens with zero attached hydrogens (tertiary/aromatic N) is 2. The molecule has 3 fully saturated rings. The largest absolute Gasteiger partial charge is 0.493 e. The van der Waals surface area contributed by atoms with E-state index in [4.69, 9.17) is 9.47 Å². The minimum absolute atomic E-state index is 0.152. The van der Waals surface area contributed by atoms with E-state index in [1.54, 1.807) is 26.5 Å². The van der Waals surface area contributed by atoms with Crippen molar-refractivity contribution in [1.29, 1.82) is 0 Å². The quantitative estimate of drug-likeness (QED) is 0.289. The summed E-state index contributed by atoms with van der Waals surface area (Å²) in [5.41, 5.74) is 0.747. The van der Waals surface area contributed by atoms with Gasteiger partial charge in [0.1, 0.15) is 0 Å². The monoisotopic (exact) mass is 478 g/mol. The Morgan fingerprint density at radius 1 is 1.07 bits per heavy atom. The molecular weight excluding hydrogens is 459 g/mol. The molecule has 0 unspecified atom stereocenters. The van der Waals surface area contributed by atoms with E-state index in [2.05, 4.69) is 39.8 Å². The number of hydrazone groups is 1. The van der Waals surface area contributed by atoms with Crippen molar-refractivity contribution in [2.75, 3.05) is 14.2 Å². The van der Waals surface area contributed by atoms with Crippen LogP contribution in [0, 0.1) is 39.1 Å². The molecule has 0 aromatic heterocycles. The first-order valence-electron chi connectivity index (χ1n) is 9.06. The van der Waals surface area contributed by atoms with Crippen LogP contribution in [0.1, 0.15) is 12.0 Å². The van der Waals surface area contributed by atoms with Crippen molar-refractivity contribution >= 4 is 40.6 Å². The van der Waals surface area contributed by atoms with Gasteiger partial charge in [0.2, 0.25) is 0 Å². The van der Waals surface area contributed by atoms with Gasteiger partial charge in [-0.25, -0.2) is 0 Å². The lowest BCUT2D eigenvalue weighted by Crippen LogP contribution is -2.40. The van der Waals surface area contributed by atoms with Crippen LogP contribution in [0.15, 0.2) is 29.4 Å². The minimum atomic E-state index is -0.223. The maximum Gasteiger partial charge on any atom is 0.254 e. The van der Waals surface area contributed by atoms with Crippen LogP contribution in [0.25, 0.3) is 0 Å². The van der Waals surface area contributed by atoms with E-state index in [0.29, 0.717) is 23.3 Å². The Hall–Kier alpha value is -1.90. The van der Waals surface area contributed by atoms with Crippen LogP contribution in [0.4, 0.5) is 0 Å². The number of allylic oxidation sites excluding steroid dienone is 2. The van der Waals surface area contributed by atoms with Crippen LogP contribution >= 0.6 is 22.6 Å². The number of carbonyl (C=O) groups is 2. The molecule has 6 atom stereocenters. The van der Waals surface area contributed by atoms with Crippen molar-refractivity contribution in [3.8, 4) is 11.5 Å². The first-order valence-corrected chi connectivity index (χ1v) is 10.1. The fraction of sp³-hybridized carbons (Fsp3) is 0.450. The minimum Gasteiger partial charge on any atom is -0.493 e. The zero-order valence-corrected chi connectivity index (χ0v) is 17.1. The average molecular weight is 478 g/mol. The van der Waals surface area contributed by atoms with Crippen molar-refractivity contribution in [1.82, 2.24) is 5.01 Å². The van der Waals surface area contributed by atoms with Crippen LogP contribution in [0.2, 0.25) is 0 Å². The van der Waals surface area contributed by atoms with Gasteiger partial charge < -0.3 is 9.47 Å². The molecule has 0 radical (unpaired) electrons. The number of hydrogen-bond acceptors (Lipinski definition) is 5. The maximum atomic E-state index is 12.9. The molecule has 1 aromatic rings. The van der Waals surface area contributed by atoms with Gasteiger partial charge >= 0.3 is 0 Å². The van der Waals surface area contributed by atoms with E-state index >= 15 is 0 Å². The summed E-state index contributed by atoms with van der Waals surface area (Å²) in [4.78, 5) is 25.9. The molecule has 140 valence electrons. The zero-order chi connectivity index (χ0) is 18.9. The summed E-state index contributed by atoms with van der Waals surface area (Å²) in [6, 6.07) is 3.66. The van der Waals surface area contributed by atoms with E-state index in [-0.39, 0.29) is 35.5 Å². The third-order valence-corrected chi connectivity index (χ3v) is 7.22. The van der Waals surface area contributed by atoms with Gasteiger partial charge in [-0.1, -0.05) is 12.2 Å². The number of halogens is 1. The Balaban J connectivity index is 1.43. The maximum absolute atomic E-state index is 12.9. The van der Waals surface area contributed by atoms with Crippen LogP contribution in [-0.4, -0.2) is 37.3 Å². The zero-order valence-electron chi connectivity index (χ0n) is 15.0. The highest BCUT2D eigenvalue weighted by molar-refractivity contribution is 14.1. The first kappa shape index (κ1) is 17.2. The van der Waals surface area contributed by atoms with Crippen molar-refractivity contribution in [3.05, 3.63) is 33.4 Å². The van der Waals surface area contributed by atoms with E-state index in [1.165, 1.54) is 0 Å². The summed E-state index contributed by atoms with van der Waals surface area (Å²) in [6.07, 6.45) is 7.03. The SMILES string of the molecule is COc1cc(/C=N\N2C(=O)[C@@H]3[C@@H]4C=C[C@H]([C@H]5C[C@@H]45)[C@@H]3C2=O)cc(I)c1OC. The number of rotatable bonds is 4. The lowest BCUT2D eigenvalue weighted by Gasteiger charge is -2.37. The van der Waals surface area contributed by atoms with Crippen LogP contribution in [0.5, 0.6) is 11.5 Å². The van der Waals surface area contributed by atoms with Crippen molar-refractivity contribution in [2.45, 2.75) is 6.42 Å². The fourth-order valence-electron chi connectivity index (χ4n) is 5.19. The van der Waals surface area contributed by atoms with Crippen LogP contribution < -0.4 is 9.47 Å². The van der Waals surface area contributed by atoms with E-state index < -0.39 is 0 Å². The summed E-state index contributed by atoms with van der Waals surface area (Å²) in [7, 11) is 3.16. The Morgan fingerprint density at radius 3 is 2.26 bits per heavy atom. The van der Waals surface area contributed by atoms with Crippen molar-refractivity contribution in [2.24, 2.45) is 40.6 Å². The van der Waals surface area contributed by atoms with Crippen LogP contribution in [0.3, 0.4) is 0 Å². The van der Waals surface area contributed by atoms with Gasteiger partial charge in [0.25, 0.3) is 11.8 Å². The van der Waals surface area contributed by atoms with Gasteiger partial charge in [-0.15, -0.1) is 0 Å². The Labute approximate surface area is 170 Å². The summed E-state index contributed by atoms with van der Waals surface area (Å²) in [5, 5.41) is 5.36. The second-order valence-corrected chi connectivity index (χ2v) is 8.79. The molecular formula is C20H19IN2O4. The highest BCUT2D eigenvalue weighted by Gasteiger charge is 2.67. The van der Waals surface area contributed by atoms with E-state index in [9.17, 15) is 9.59 Å². The van der Waals surface area contributed by atoms with Gasteiger partial charge in [0.05, 0.1) is 35.8 Å². The summed E-state index contributed by atoms with van der Waals surface area (Å²) < 4.78 is 11.6. The number of benzene rings is 1. The second kappa shape index (κ2) is 6.05. The molecule has 4 aliphatic carbocycles. The molecule has 6 nitrogen and oxygen atoms in total. The molecule has 0 spiro atoms. The van der Waals surface area contributed by atoms with Gasteiger partial charge in [-0.2, -0.15) is 10.1 Å². The molecule has 2 saturated carbocycles. The van der Waals surface area contributed by atoms with Gasteiger partial charge in [-0.05, 0) is 70.4 Å². The van der Waals surface area contributed by atoms with Crippen LogP contribution in [-0.2, 0) is 9.59 Å². The molecule has 27 heavy (non-hydrogen) atoms. The van der Waals surface area contributed by atoms with Gasteiger partial charge in [0, 0.05) is 0 Å². The second-order valence-electron chi connectivity index (χ2n) is 7.63. The Bertz CT molecular complexity index is 875. The topological polar surface area (TPSA) is 68.2 Å². The first-order chi connectivity index (χ1) is 13.0. The highest BCUT2D eigenvalue weighted by Crippen LogP contribution is 2.65. The summed E-state index contributed by atoms with van der Waals surface area (Å²) in [6.45, 7) is 0. The Morgan fingerprint density at radius 2 is 1.70 bits per heavy atom. The third-order valence-electron chi connectivity index (χ3n) is 6.42. The molecule has 1 heterocycles. The molecule has 1 saturated heterocycles. The number of amides is 2. The van der Waals surface area contributed by atoms with E-state index in [0.717, 1.165) is 20.6 Å². The predicted molar refractivity (Wildman–Crippen MR) is 106 cm³/mol. The number of imide groups is 1. The van der Waals surface area contributed by atoms with Crippen molar-refractivity contribution in [3.63, 3.8) is 0 Å². The molecule has 2 amide bonds. The Kier molecular flexibility index (Phi) is 3.86. The molecule has 5 aliphatic rings. The average Bonchev–Trinajstić information content (AvgIpc) is 3.45. The summed E-state index contributed by atoms with van der Waals surface area (Å²) >= 11 is 2.16. The van der Waals surface area contributed by atoms with Gasteiger partial charge in [0.15, 0.2) is 11.5 Å². The lowest BCUT2D eigenvalue weighted by atomic mass is 9.63.